The standard InChI is InChI=1S/C13H12N2O2S2/c16-6-2-1-3-10-4-5-11(19-10)7-15-13(17)12-8-14-9-18-12/h4-5,8-9,16H,2,6-7H2,(H,15,17). The largest absolute Gasteiger partial charge is 0.395 e. The van der Waals surface area contributed by atoms with Crippen molar-refractivity contribution in [2.24, 2.45) is 0 Å². The second-order valence-corrected chi connectivity index (χ2v) is 5.64. The minimum absolute atomic E-state index is 0.0795. The monoisotopic (exact) mass is 292 g/mol. The zero-order valence-corrected chi connectivity index (χ0v) is 11.7. The van der Waals surface area contributed by atoms with Crippen molar-refractivity contribution in [3.05, 3.63) is 38.5 Å². The molecule has 0 saturated heterocycles. The average Bonchev–Trinajstić information content (AvgIpc) is 3.08. The van der Waals surface area contributed by atoms with Crippen LogP contribution in [0, 0.1) is 11.8 Å². The molecule has 0 bridgehead atoms. The Morgan fingerprint density at radius 1 is 1.47 bits per heavy atom. The molecule has 98 valence electrons. The molecule has 6 heteroatoms. The summed E-state index contributed by atoms with van der Waals surface area (Å²) in [6.45, 7) is 0.569. The molecule has 1 amide bonds. The fourth-order valence-electron chi connectivity index (χ4n) is 1.33. The van der Waals surface area contributed by atoms with Crippen LogP contribution in [0.1, 0.15) is 25.8 Å². The third kappa shape index (κ3) is 4.17. The number of nitrogens with one attached hydrogen (secondary N) is 1. The van der Waals surface area contributed by atoms with Crippen molar-refractivity contribution in [1.29, 1.82) is 0 Å². The molecule has 2 N–H and O–H groups in total. The lowest BCUT2D eigenvalue weighted by atomic mass is 10.4. The van der Waals surface area contributed by atoms with Crippen LogP contribution < -0.4 is 5.32 Å². The zero-order valence-electron chi connectivity index (χ0n) is 10.0. The second-order valence-electron chi connectivity index (χ2n) is 3.59. The van der Waals surface area contributed by atoms with Gasteiger partial charge >= 0.3 is 0 Å². The molecule has 2 aromatic rings. The number of rotatable bonds is 4. The summed E-state index contributed by atoms with van der Waals surface area (Å²) in [5.41, 5.74) is 1.63. The van der Waals surface area contributed by atoms with Crippen molar-refractivity contribution in [3.63, 3.8) is 0 Å². The fraction of sp³-hybridized carbons (Fsp3) is 0.231. The molecule has 0 fully saturated rings. The van der Waals surface area contributed by atoms with E-state index in [4.69, 9.17) is 5.11 Å². The lowest BCUT2D eigenvalue weighted by molar-refractivity contribution is 0.0955. The van der Waals surface area contributed by atoms with E-state index in [1.807, 2.05) is 12.1 Å². The Balaban J connectivity index is 1.87. The Morgan fingerprint density at radius 3 is 3.11 bits per heavy atom. The first-order chi connectivity index (χ1) is 9.29. The minimum Gasteiger partial charge on any atom is -0.395 e. The van der Waals surface area contributed by atoms with Crippen molar-refractivity contribution in [1.82, 2.24) is 10.3 Å². The van der Waals surface area contributed by atoms with Gasteiger partial charge in [0.2, 0.25) is 0 Å². The van der Waals surface area contributed by atoms with Crippen LogP contribution in [-0.2, 0) is 6.54 Å². The molecule has 19 heavy (non-hydrogen) atoms. The van der Waals surface area contributed by atoms with Gasteiger partial charge in [-0.2, -0.15) is 0 Å². The molecule has 0 radical (unpaired) electrons. The van der Waals surface area contributed by atoms with E-state index in [1.54, 1.807) is 23.0 Å². The molecule has 0 saturated carbocycles. The highest BCUT2D eigenvalue weighted by Gasteiger charge is 2.07. The quantitative estimate of drug-likeness (QED) is 0.846. The highest BCUT2D eigenvalue weighted by atomic mass is 32.1. The number of carbonyl (C=O) groups is 1. The Hall–Kier alpha value is -1.68. The van der Waals surface area contributed by atoms with Crippen LogP contribution >= 0.6 is 22.7 Å². The highest BCUT2D eigenvalue weighted by molar-refractivity contribution is 7.12. The molecule has 0 aliphatic rings. The maximum absolute atomic E-state index is 11.7. The number of aromatic nitrogens is 1. The van der Waals surface area contributed by atoms with Gasteiger partial charge in [0, 0.05) is 11.3 Å². The van der Waals surface area contributed by atoms with Gasteiger partial charge < -0.3 is 10.4 Å². The number of aliphatic hydroxyl groups is 1. The molecule has 0 spiro atoms. The predicted octanol–water partition coefficient (Wildman–Crippen LogP) is 1.87. The van der Waals surface area contributed by atoms with Crippen LogP contribution in [0.4, 0.5) is 0 Å². The van der Waals surface area contributed by atoms with E-state index in [-0.39, 0.29) is 12.5 Å². The van der Waals surface area contributed by atoms with E-state index in [9.17, 15) is 4.79 Å². The first kappa shape index (κ1) is 13.7. The van der Waals surface area contributed by atoms with E-state index in [0.29, 0.717) is 17.8 Å². The molecular weight excluding hydrogens is 280 g/mol. The SMILES string of the molecule is O=C(NCc1ccc(C#CCCO)s1)c1cncs1. The summed E-state index contributed by atoms with van der Waals surface area (Å²) >= 11 is 2.86. The zero-order chi connectivity index (χ0) is 13.5. The smallest absolute Gasteiger partial charge is 0.263 e. The second kappa shape index (κ2) is 7.04. The number of nitrogens with zero attached hydrogens (tertiary/aromatic N) is 1. The predicted molar refractivity (Wildman–Crippen MR) is 76.2 cm³/mol. The minimum atomic E-state index is -0.108. The van der Waals surface area contributed by atoms with Crippen molar-refractivity contribution < 1.29 is 9.90 Å². The molecule has 4 nitrogen and oxygen atoms in total. The van der Waals surface area contributed by atoms with Gasteiger partial charge in [-0.3, -0.25) is 9.78 Å². The lowest BCUT2D eigenvalue weighted by Crippen LogP contribution is -2.21. The van der Waals surface area contributed by atoms with Crippen LogP contribution in [0.15, 0.2) is 23.8 Å². The van der Waals surface area contributed by atoms with Crippen molar-refractivity contribution in [2.75, 3.05) is 6.61 Å². The Kier molecular flexibility index (Phi) is 5.10. The van der Waals surface area contributed by atoms with Crippen molar-refractivity contribution >= 4 is 28.6 Å². The topological polar surface area (TPSA) is 62.2 Å². The lowest BCUT2D eigenvalue weighted by Gasteiger charge is -1.99. The summed E-state index contributed by atoms with van der Waals surface area (Å²) in [7, 11) is 0. The summed E-state index contributed by atoms with van der Waals surface area (Å²) < 4.78 is 0. The number of thiophene rings is 1. The van der Waals surface area contributed by atoms with Gasteiger partial charge in [0.25, 0.3) is 5.91 Å². The van der Waals surface area contributed by atoms with Crippen molar-refractivity contribution in [2.45, 2.75) is 13.0 Å². The average molecular weight is 292 g/mol. The van der Waals surface area contributed by atoms with Crippen LogP contribution in [0.5, 0.6) is 0 Å². The van der Waals surface area contributed by atoms with Gasteiger partial charge in [-0.1, -0.05) is 11.8 Å². The normalized spacial score (nSPS) is 9.74. The third-order valence-corrected chi connectivity index (χ3v) is 3.96. The summed E-state index contributed by atoms with van der Waals surface area (Å²) in [5, 5.41) is 11.5. The number of hydrogen-bond donors (Lipinski definition) is 2. The molecule has 2 rings (SSSR count). The Labute approximate surface area is 119 Å². The number of thiazole rings is 1. The van der Waals surface area contributed by atoms with Gasteiger partial charge in [0.05, 0.1) is 29.7 Å². The molecule has 0 unspecified atom stereocenters. The molecule has 2 heterocycles. The van der Waals surface area contributed by atoms with Gasteiger partial charge in [-0.25, -0.2) is 0 Å². The molecule has 0 aromatic carbocycles. The highest BCUT2D eigenvalue weighted by Crippen LogP contribution is 2.15. The maximum atomic E-state index is 11.7. The number of hydrogen-bond acceptors (Lipinski definition) is 5. The van der Waals surface area contributed by atoms with E-state index >= 15 is 0 Å². The van der Waals surface area contributed by atoms with Gasteiger partial charge in [0.15, 0.2) is 0 Å². The summed E-state index contributed by atoms with van der Waals surface area (Å²) in [4.78, 5) is 18.2. The Morgan fingerprint density at radius 2 is 2.37 bits per heavy atom. The third-order valence-electron chi connectivity index (χ3n) is 2.19. The number of amides is 1. The van der Waals surface area contributed by atoms with E-state index in [0.717, 1.165) is 9.75 Å². The molecule has 0 aliphatic carbocycles. The van der Waals surface area contributed by atoms with Crippen LogP contribution in [0.3, 0.4) is 0 Å². The first-order valence-corrected chi connectivity index (χ1v) is 7.34. The van der Waals surface area contributed by atoms with E-state index < -0.39 is 0 Å². The van der Waals surface area contributed by atoms with Gasteiger partial charge in [-0.05, 0) is 12.1 Å². The molecular formula is C13H12N2O2S2. The van der Waals surface area contributed by atoms with E-state index in [1.165, 1.54) is 11.3 Å². The van der Waals surface area contributed by atoms with Crippen LogP contribution in [0.25, 0.3) is 0 Å². The van der Waals surface area contributed by atoms with Crippen molar-refractivity contribution in [3.8, 4) is 11.8 Å². The van der Waals surface area contributed by atoms with Crippen LogP contribution in [0.2, 0.25) is 0 Å². The van der Waals surface area contributed by atoms with Gasteiger partial charge in [0.1, 0.15) is 4.88 Å². The summed E-state index contributed by atoms with van der Waals surface area (Å²) in [6.07, 6.45) is 2.04. The molecule has 0 atom stereocenters. The molecule has 2 aromatic heterocycles. The van der Waals surface area contributed by atoms with Crippen LogP contribution in [-0.4, -0.2) is 22.6 Å². The Bertz CT molecular complexity index is 594. The maximum Gasteiger partial charge on any atom is 0.263 e. The molecule has 0 aliphatic heterocycles. The number of aliphatic hydroxyl groups excluding tert-OH is 1. The number of carbonyl (C=O) groups excluding carboxylic acids is 1. The van der Waals surface area contributed by atoms with E-state index in [2.05, 4.69) is 22.1 Å². The first-order valence-electron chi connectivity index (χ1n) is 5.64. The fourth-order valence-corrected chi connectivity index (χ4v) is 2.69. The summed E-state index contributed by atoms with van der Waals surface area (Å²) in [5.74, 6) is 5.73. The summed E-state index contributed by atoms with van der Waals surface area (Å²) in [6, 6.07) is 3.86. The van der Waals surface area contributed by atoms with Gasteiger partial charge in [-0.15, -0.1) is 22.7 Å².